The zero-order valence-corrected chi connectivity index (χ0v) is 10.1. The Morgan fingerprint density at radius 3 is 2.60 bits per heavy atom. The highest BCUT2D eigenvalue weighted by molar-refractivity contribution is 6.00. The van der Waals surface area contributed by atoms with Gasteiger partial charge in [-0.2, -0.15) is 13.2 Å². The standard InChI is InChI=1S/C10H10F3N3O4/c1-5(10(11,12)13)20-8-3-2-6(16(18)19)4-7(8)9(14)15-17/h2-5,17H,1H3,(H2,14,15). The van der Waals surface area contributed by atoms with Gasteiger partial charge in [0.25, 0.3) is 5.69 Å². The van der Waals surface area contributed by atoms with Gasteiger partial charge < -0.3 is 15.7 Å². The van der Waals surface area contributed by atoms with Crippen molar-refractivity contribution in [3.8, 4) is 5.75 Å². The number of rotatable bonds is 4. The number of halogens is 3. The number of oxime groups is 1. The number of amidine groups is 1. The van der Waals surface area contributed by atoms with Crippen molar-refractivity contribution in [3.05, 3.63) is 33.9 Å². The minimum absolute atomic E-state index is 0.308. The summed E-state index contributed by atoms with van der Waals surface area (Å²) in [4.78, 5) is 9.83. The maximum absolute atomic E-state index is 12.4. The highest BCUT2D eigenvalue weighted by Crippen LogP contribution is 2.29. The number of nitrogens with zero attached hydrogens (tertiary/aromatic N) is 2. The summed E-state index contributed by atoms with van der Waals surface area (Å²) in [6.45, 7) is 0.761. The van der Waals surface area contributed by atoms with Crippen molar-refractivity contribution in [1.82, 2.24) is 0 Å². The first-order chi connectivity index (χ1) is 9.16. The lowest BCUT2D eigenvalue weighted by molar-refractivity contribution is -0.384. The number of hydrogen-bond acceptors (Lipinski definition) is 5. The first kappa shape index (κ1) is 15.5. The van der Waals surface area contributed by atoms with Crippen LogP contribution in [-0.2, 0) is 0 Å². The van der Waals surface area contributed by atoms with E-state index in [2.05, 4.69) is 9.89 Å². The molecule has 3 N–H and O–H groups in total. The van der Waals surface area contributed by atoms with E-state index in [1.165, 1.54) is 0 Å². The zero-order chi connectivity index (χ0) is 15.5. The maximum Gasteiger partial charge on any atom is 0.425 e. The fourth-order valence-corrected chi connectivity index (χ4v) is 1.25. The summed E-state index contributed by atoms with van der Waals surface area (Å²) in [7, 11) is 0. The second-order valence-electron chi connectivity index (χ2n) is 3.72. The predicted octanol–water partition coefficient (Wildman–Crippen LogP) is 2.02. The van der Waals surface area contributed by atoms with E-state index in [0.717, 1.165) is 25.1 Å². The molecule has 1 atom stereocenters. The fraction of sp³-hybridized carbons (Fsp3) is 0.300. The Bertz CT molecular complexity index is 545. The molecule has 0 saturated heterocycles. The van der Waals surface area contributed by atoms with Crippen LogP contribution in [0.4, 0.5) is 18.9 Å². The summed E-state index contributed by atoms with van der Waals surface area (Å²) >= 11 is 0. The molecule has 1 aromatic carbocycles. The van der Waals surface area contributed by atoms with E-state index in [-0.39, 0.29) is 11.3 Å². The number of ether oxygens (including phenoxy) is 1. The first-order valence-corrected chi connectivity index (χ1v) is 5.16. The molecule has 0 fully saturated rings. The largest absolute Gasteiger partial charge is 0.480 e. The van der Waals surface area contributed by atoms with Gasteiger partial charge in [0, 0.05) is 12.1 Å². The van der Waals surface area contributed by atoms with Gasteiger partial charge in [0.1, 0.15) is 5.75 Å². The monoisotopic (exact) mass is 293 g/mol. The molecule has 0 amide bonds. The number of alkyl halides is 3. The molecule has 0 aliphatic rings. The summed E-state index contributed by atoms with van der Waals surface area (Å²) in [5.74, 6) is -0.978. The van der Waals surface area contributed by atoms with E-state index in [4.69, 9.17) is 10.9 Å². The molecule has 0 radical (unpaired) electrons. The summed E-state index contributed by atoms with van der Waals surface area (Å²) in [6.07, 6.45) is -6.78. The number of nitro benzene ring substituents is 1. The van der Waals surface area contributed by atoms with Crippen LogP contribution in [0.25, 0.3) is 0 Å². The van der Waals surface area contributed by atoms with Crippen molar-refractivity contribution < 1.29 is 28.0 Å². The third-order valence-corrected chi connectivity index (χ3v) is 2.32. The second-order valence-corrected chi connectivity index (χ2v) is 3.72. The molecule has 0 saturated carbocycles. The Kier molecular flexibility index (Phi) is 4.38. The molecule has 10 heteroatoms. The Morgan fingerprint density at radius 1 is 1.55 bits per heavy atom. The van der Waals surface area contributed by atoms with Crippen molar-refractivity contribution in [2.75, 3.05) is 0 Å². The van der Waals surface area contributed by atoms with E-state index < -0.39 is 28.7 Å². The highest BCUT2D eigenvalue weighted by Gasteiger charge is 2.38. The molecule has 7 nitrogen and oxygen atoms in total. The van der Waals surface area contributed by atoms with Gasteiger partial charge in [-0.3, -0.25) is 10.1 Å². The average molecular weight is 293 g/mol. The molecule has 1 rings (SSSR count). The predicted molar refractivity (Wildman–Crippen MR) is 61.8 cm³/mol. The molecule has 0 aliphatic carbocycles. The van der Waals surface area contributed by atoms with Gasteiger partial charge in [0.05, 0.1) is 10.5 Å². The molecule has 0 aliphatic heterocycles. The van der Waals surface area contributed by atoms with Crippen LogP contribution < -0.4 is 10.5 Å². The van der Waals surface area contributed by atoms with E-state index in [9.17, 15) is 23.3 Å². The molecule has 20 heavy (non-hydrogen) atoms. The van der Waals surface area contributed by atoms with Gasteiger partial charge in [-0.15, -0.1) is 0 Å². The van der Waals surface area contributed by atoms with Gasteiger partial charge in [0.2, 0.25) is 0 Å². The van der Waals surface area contributed by atoms with Crippen molar-refractivity contribution in [2.24, 2.45) is 10.9 Å². The summed E-state index contributed by atoms with van der Waals surface area (Å²) in [5, 5.41) is 21.7. The molecule has 1 aromatic rings. The molecule has 0 heterocycles. The number of benzene rings is 1. The van der Waals surface area contributed by atoms with Crippen LogP contribution in [0, 0.1) is 10.1 Å². The van der Waals surface area contributed by atoms with Crippen molar-refractivity contribution in [1.29, 1.82) is 0 Å². The highest BCUT2D eigenvalue weighted by atomic mass is 19.4. The Balaban J connectivity index is 3.22. The van der Waals surface area contributed by atoms with Crippen LogP contribution >= 0.6 is 0 Å². The van der Waals surface area contributed by atoms with Gasteiger partial charge in [-0.05, 0) is 13.0 Å². The van der Waals surface area contributed by atoms with Gasteiger partial charge in [0.15, 0.2) is 11.9 Å². The second kappa shape index (κ2) is 5.63. The minimum Gasteiger partial charge on any atom is -0.480 e. The average Bonchev–Trinajstić information content (AvgIpc) is 2.36. The SMILES string of the molecule is CC(Oc1ccc([N+](=O)[O-])cc1C(N)=NO)C(F)(F)F. The topological polar surface area (TPSA) is 111 Å². The lowest BCUT2D eigenvalue weighted by Crippen LogP contribution is -2.32. The lowest BCUT2D eigenvalue weighted by Gasteiger charge is -2.19. The van der Waals surface area contributed by atoms with E-state index in [0.29, 0.717) is 0 Å². The number of hydrogen-bond donors (Lipinski definition) is 2. The summed E-state index contributed by atoms with van der Waals surface area (Å²) < 4.78 is 41.9. The third-order valence-electron chi connectivity index (χ3n) is 2.32. The van der Waals surface area contributed by atoms with Crippen molar-refractivity contribution in [3.63, 3.8) is 0 Å². The first-order valence-electron chi connectivity index (χ1n) is 5.16. The van der Waals surface area contributed by atoms with Gasteiger partial charge in [-0.25, -0.2) is 0 Å². The Labute approximate surface area is 110 Å². The smallest absolute Gasteiger partial charge is 0.425 e. The normalized spacial score (nSPS) is 13.9. The fourth-order valence-electron chi connectivity index (χ4n) is 1.25. The van der Waals surface area contributed by atoms with Gasteiger partial charge >= 0.3 is 6.18 Å². The zero-order valence-electron chi connectivity index (χ0n) is 10.1. The van der Waals surface area contributed by atoms with E-state index in [1.54, 1.807) is 0 Å². The Morgan fingerprint density at radius 2 is 2.15 bits per heavy atom. The quantitative estimate of drug-likeness (QED) is 0.290. The van der Waals surface area contributed by atoms with Crippen LogP contribution in [0.1, 0.15) is 12.5 Å². The van der Waals surface area contributed by atoms with Crippen LogP contribution in [0.5, 0.6) is 5.75 Å². The lowest BCUT2D eigenvalue weighted by atomic mass is 10.1. The number of nitro groups is 1. The number of nitrogens with two attached hydrogens (primary N) is 1. The molecule has 0 spiro atoms. The maximum atomic E-state index is 12.4. The van der Waals surface area contributed by atoms with Crippen LogP contribution in [0.3, 0.4) is 0 Å². The number of non-ortho nitro benzene ring substituents is 1. The van der Waals surface area contributed by atoms with Crippen molar-refractivity contribution in [2.45, 2.75) is 19.2 Å². The molecular weight excluding hydrogens is 283 g/mol. The van der Waals surface area contributed by atoms with E-state index >= 15 is 0 Å². The van der Waals surface area contributed by atoms with Crippen molar-refractivity contribution >= 4 is 11.5 Å². The third kappa shape index (κ3) is 3.49. The molecule has 0 bridgehead atoms. The molecule has 110 valence electrons. The Hall–Kier alpha value is -2.52. The van der Waals surface area contributed by atoms with Crippen LogP contribution in [0.15, 0.2) is 23.4 Å². The molecule has 1 unspecified atom stereocenters. The molecular formula is C10H10F3N3O4. The minimum atomic E-state index is -4.62. The van der Waals surface area contributed by atoms with E-state index in [1.807, 2.05) is 0 Å². The van der Waals surface area contributed by atoms with Gasteiger partial charge in [-0.1, -0.05) is 5.16 Å². The van der Waals surface area contributed by atoms with Crippen LogP contribution in [0.2, 0.25) is 0 Å². The molecule has 0 aromatic heterocycles. The summed E-state index contributed by atoms with van der Waals surface area (Å²) in [6, 6.07) is 2.76. The van der Waals surface area contributed by atoms with Crippen LogP contribution in [-0.4, -0.2) is 28.2 Å². The summed E-state index contributed by atoms with van der Waals surface area (Å²) in [5.41, 5.74) is 4.53.